The molecule has 0 amide bonds. The normalized spacial score (nSPS) is 11.8. The molecule has 0 unspecified atom stereocenters. The average Bonchev–Trinajstić information content (AvgIpc) is 2.90. The number of rotatable bonds is 4. The van der Waals surface area contributed by atoms with E-state index in [2.05, 4.69) is 34.3 Å². The zero-order chi connectivity index (χ0) is 16.2. The lowest BCUT2D eigenvalue weighted by atomic mass is 10.1. The second kappa shape index (κ2) is 6.52. The molecule has 0 aliphatic heterocycles. The number of hydrogen-bond donors (Lipinski definition) is 2. The summed E-state index contributed by atoms with van der Waals surface area (Å²) in [4.78, 5) is 8.97. The number of guanidine groups is 1. The van der Waals surface area contributed by atoms with E-state index in [4.69, 9.17) is 5.73 Å². The molecule has 118 valence electrons. The molecule has 0 bridgehead atoms. The van der Waals surface area contributed by atoms with Crippen LogP contribution < -0.4 is 11.1 Å². The molecule has 1 aromatic heterocycles. The summed E-state index contributed by atoms with van der Waals surface area (Å²) in [6.07, 6.45) is 1.02. The Hall–Kier alpha value is -2.82. The van der Waals surface area contributed by atoms with E-state index in [0.717, 1.165) is 29.0 Å². The first kappa shape index (κ1) is 15.1. The van der Waals surface area contributed by atoms with E-state index in [0.29, 0.717) is 12.5 Å². The van der Waals surface area contributed by atoms with Gasteiger partial charge in [-0.25, -0.2) is 9.98 Å². The van der Waals surface area contributed by atoms with Crippen molar-refractivity contribution in [3.05, 3.63) is 59.9 Å². The van der Waals surface area contributed by atoms with E-state index in [1.165, 1.54) is 5.56 Å². The number of para-hydroxylation sites is 2. The monoisotopic (exact) mass is 307 g/mol. The van der Waals surface area contributed by atoms with Crippen LogP contribution in [0.15, 0.2) is 53.5 Å². The van der Waals surface area contributed by atoms with Gasteiger partial charge >= 0.3 is 0 Å². The Labute approximate surface area is 135 Å². The highest BCUT2D eigenvalue weighted by molar-refractivity contribution is 5.92. The fourth-order valence-electron chi connectivity index (χ4n) is 2.50. The van der Waals surface area contributed by atoms with Gasteiger partial charge in [0.15, 0.2) is 5.96 Å². The van der Waals surface area contributed by atoms with E-state index in [-0.39, 0.29) is 0 Å². The second-order valence-electron chi connectivity index (χ2n) is 5.45. The highest BCUT2D eigenvalue weighted by Crippen LogP contribution is 2.15. The van der Waals surface area contributed by atoms with Gasteiger partial charge in [0.1, 0.15) is 12.4 Å². The number of benzene rings is 2. The van der Waals surface area contributed by atoms with Gasteiger partial charge in [-0.2, -0.15) is 0 Å². The average molecular weight is 307 g/mol. The topological polar surface area (TPSA) is 68.2 Å². The van der Waals surface area contributed by atoms with Crippen molar-refractivity contribution < 1.29 is 0 Å². The first-order valence-corrected chi connectivity index (χ1v) is 7.73. The van der Waals surface area contributed by atoms with Gasteiger partial charge in [0.05, 0.1) is 11.0 Å². The van der Waals surface area contributed by atoms with Crippen LogP contribution in [0.1, 0.15) is 18.3 Å². The molecule has 23 heavy (non-hydrogen) atoms. The Morgan fingerprint density at radius 2 is 1.91 bits per heavy atom. The van der Waals surface area contributed by atoms with Crippen LogP contribution in [0.5, 0.6) is 0 Å². The zero-order valence-electron chi connectivity index (χ0n) is 13.5. The van der Waals surface area contributed by atoms with Crippen LogP contribution in [0.25, 0.3) is 11.0 Å². The fraction of sp³-hybridized carbons (Fsp3) is 0.222. The summed E-state index contributed by atoms with van der Waals surface area (Å²) in [5.74, 6) is 1.28. The third kappa shape index (κ3) is 3.34. The lowest BCUT2D eigenvalue weighted by molar-refractivity contribution is 0.812. The lowest BCUT2D eigenvalue weighted by Gasteiger charge is -2.06. The SMILES string of the molecule is CCc1ccc(NC(N)=NCc2nc3ccccc3n2C)cc1. The molecule has 0 spiro atoms. The molecule has 3 aromatic rings. The minimum Gasteiger partial charge on any atom is -0.370 e. The summed E-state index contributed by atoms with van der Waals surface area (Å²) in [6, 6.07) is 16.2. The van der Waals surface area contributed by atoms with Crippen molar-refractivity contribution in [1.82, 2.24) is 9.55 Å². The first-order chi connectivity index (χ1) is 11.2. The second-order valence-corrected chi connectivity index (χ2v) is 5.45. The Bertz CT molecular complexity index is 830. The molecule has 1 heterocycles. The highest BCUT2D eigenvalue weighted by Gasteiger charge is 2.06. The molecule has 3 rings (SSSR count). The maximum Gasteiger partial charge on any atom is 0.193 e. The van der Waals surface area contributed by atoms with Gasteiger partial charge in [-0.05, 0) is 36.2 Å². The smallest absolute Gasteiger partial charge is 0.193 e. The number of hydrogen-bond acceptors (Lipinski definition) is 2. The van der Waals surface area contributed by atoms with Crippen molar-refractivity contribution in [3.63, 3.8) is 0 Å². The Kier molecular flexibility index (Phi) is 4.28. The van der Waals surface area contributed by atoms with Crippen LogP contribution in [0.4, 0.5) is 5.69 Å². The molecule has 5 heteroatoms. The van der Waals surface area contributed by atoms with Crippen molar-refractivity contribution in [2.45, 2.75) is 19.9 Å². The van der Waals surface area contributed by atoms with Crippen molar-refractivity contribution in [1.29, 1.82) is 0 Å². The summed E-state index contributed by atoms with van der Waals surface area (Å²) in [5, 5.41) is 3.11. The molecule has 0 saturated heterocycles. The van der Waals surface area contributed by atoms with Gasteiger partial charge in [0.25, 0.3) is 0 Å². The van der Waals surface area contributed by atoms with Gasteiger partial charge in [0.2, 0.25) is 0 Å². The number of aryl methyl sites for hydroxylation is 2. The summed E-state index contributed by atoms with van der Waals surface area (Å²) in [7, 11) is 1.99. The molecule has 0 atom stereocenters. The van der Waals surface area contributed by atoms with E-state index < -0.39 is 0 Å². The molecule has 0 aliphatic carbocycles. The zero-order valence-corrected chi connectivity index (χ0v) is 13.5. The van der Waals surface area contributed by atoms with Crippen LogP contribution in [0.3, 0.4) is 0 Å². The van der Waals surface area contributed by atoms with Gasteiger partial charge in [-0.15, -0.1) is 0 Å². The maximum absolute atomic E-state index is 5.97. The molecular formula is C18H21N5. The summed E-state index contributed by atoms with van der Waals surface area (Å²) in [5.41, 5.74) is 10.3. The van der Waals surface area contributed by atoms with E-state index >= 15 is 0 Å². The number of aliphatic imine (C=N–C) groups is 1. The molecule has 2 aromatic carbocycles. The van der Waals surface area contributed by atoms with Crippen LogP contribution in [0.2, 0.25) is 0 Å². The molecule has 0 radical (unpaired) electrons. The van der Waals surface area contributed by atoms with E-state index in [1.54, 1.807) is 0 Å². The van der Waals surface area contributed by atoms with E-state index in [9.17, 15) is 0 Å². The van der Waals surface area contributed by atoms with Gasteiger partial charge in [-0.3, -0.25) is 0 Å². The highest BCUT2D eigenvalue weighted by atomic mass is 15.1. The minimum atomic E-state index is 0.390. The Morgan fingerprint density at radius 3 is 2.61 bits per heavy atom. The van der Waals surface area contributed by atoms with Gasteiger partial charge in [0, 0.05) is 12.7 Å². The van der Waals surface area contributed by atoms with E-state index in [1.807, 2.05) is 48.0 Å². The number of nitrogens with one attached hydrogen (secondary N) is 1. The predicted octanol–water partition coefficient (Wildman–Crippen LogP) is 3.06. The summed E-state index contributed by atoms with van der Waals surface area (Å²) in [6.45, 7) is 2.58. The third-order valence-electron chi connectivity index (χ3n) is 3.91. The number of fused-ring (bicyclic) bond motifs is 1. The Balaban J connectivity index is 1.71. The largest absolute Gasteiger partial charge is 0.370 e. The van der Waals surface area contributed by atoms with Crippen LogP contribution >= 0.6 is 0 Å². The molecule has 0 saturated carbocycles. The quantitative estimate of drug-likeness (QED) is 0.575. The number of aromatic nitrogens is 2. The minimum absolute atomic E-state index is 0.390. The molecule has 5 nitrogen and oxygen atoms in total. The number of anilines is 1. The maximum atomic E-state index is 5.97. The summed E-state index contributed by atoms with van der Waals surface area (Å²) < 4.78 is 2.04. The lowest BCUT2D eigenvalue weighted by Crippen LogP contribution is -2.22. The van der Waals surface area contributed by atoms with Crippen LogP contribution in [0, 0.1) is 0 Å². The van der Waals surface area contributed by atoms with Crippen molar-refractivity contribution in [2.75, 3.05) is 5.32 Å². The molecule has 3 N–H and O–H groups in total. The fourth-order valence-corrected chi connectivity index (χ4v) is 2.50. The molecule has 0 aliphatic rings. The van der Waals surface area contributed by atoms with Crippen LogP contribution in [-0.2, 0) is 20.0 Å². The number of nitrogens with two attached hydrogens (primary N) is 1. The van der Waals surface area contributed by atoms with Gasteiger partial charge < -0.3 is 15.6 Å². The number of nitrogens with zero attached hydrogens (tertiary/aromatic N) is 3. The standard InChI is InChI=1S/C18H21N5/c1-3-13-8-10-14(11-9-13)21-18(19)20-12-17-22-15-6-4-5-7-16(15)23(17)2/h4-11H,3,12H2,1-2H3,(H3,19,20,21). The third-order valence-corrected chi connectivity index (χ3v) is 3.91. The van der Waals surface area contributed by atoms with Crippen molar-refractivity contribution in [3.8, 4) is 0 Å². The van der Waals surface area contributed by atoms with Crippen molar-refractivity contribution >= 4 is 22.7 Å². The predicted molar refractivity (Wildman–Crippen MR) is 95.5 cm³/mol. The molecular weight excluding hydrogens is 286 g/mol. The molecule has 0 fully saturated rings. The Morgan fingerprint density at radius 1 is 1.17 bits per heavy atom. The number of imidazole rings is 1. The van der Waals surface area contributed by atoms with Crippen molar-refractivity contribution in [2.24, 2.45) is 17.8 Å². The first-order valence-electron chi connectivity index (χ1n) is 7.73. The van der Waals surface area contributed by atoms with Gasteiger partial charge in [-0.1, -0.05) is 31.2 Å². The summed E-state index contributed by atoms with van der Waals surface area (Å²) >= 11 is 0. The van der Waals surface area contributed by atoms with Crippen LogP contribution in [-0.4, -0.2) is 15.5 Å².